The Balaban J connectivity index is 1.71. The Hall–Kier alpha value is -2.12. The number of β-amino-alcohol motifs (C(OH)–C–C–N with tert-alkyl or cyclic N) is 1. The van der Waals surface area contributed by atoms with Gasteiger partial charge in [-0.2, -0.15) is 0 Å². The predicted octanol–water partition coefficient (Wildman–Crippen LogP) is 1.03. The van der Waals surface area contributed by atoms with Gasteiger partial charge in [0.1, 0.15) is 5.75 Å². The van der Waals surface area contributed by atoms with Crippen molar-refractivity contribution in [2.75, 3.05) is 40.3 Å². The zero-order valence-electron chi connectivity index (χ0n) is 16.8. The maximum atomic E-state index is 13.0. The third-order valence-corrected chi connectivity index (χ3v) is 6.10. The number of piperidine rings is 2. The molecule has 2 aliphatic heterocycles. The number of nitrogens with two attached hydrogens (primary N) is 1. The number of benzene rings is 1. The Kier molecular flexibility index (Phi) is 6.25. The Morgan fingerprint density at radius 1 is 1.36 bits per heavy atom. The third-order valence-electron chi connectivity index (χ3n) is 6.10. The molecule has 2 saturated heterocycles. The molecule has 0 bridgehead atoms. The van der Waals surface area contributed by atoms with E-state index in [2.05, 4.69) is 0 Å². The number of methoxy groups -OCH3 is 1. The lowest BCUT2D eigenvalue weighted by Crippen LogP contribution is -2.56. The van der Waals surface area contributed by atoms with Crippen molar-refractivity contribution < 1.29 is 19.4 Å². The van der Waals surface area contributed by atoms with E-state index in [0.717, 1.165) is 24.2 Å². The van der Waals surface area contributed by atoms with Gasteiger partial charge in [0.05, 0.1) is 18.6 Å². The molecule has 28 heavy (non-hydrogen) atoms. The molecular weight excluding hydrogens is 358 g/mol. The number of aliphatic hydroxyl groups excluding tert-OH is 1. The maximum Gasteiger partial charge on any atom is 0.253 e. The van der Waals surface area contributed by atoms with Gasteiger partial charge in [-0.05, 0) is 62.4 Å². The minimum atomic E-state index is -0.532. The molecule has 0 radical (unpaired) electrons. The van der Waals surface area contributed by atoms with E-state index < -0.39 is 11.5 Å². The van der Waals surface area contributed by atoms with Crippen LogP contribution in [0.3, 0.4) is 0 Å². The summed E-state index contributed by atoms with van der Waals surface area (Å²) in [6, 6.07) is 5.52. The van der Waals surface area contributed by atoms with E-state index in [9.17, 15) is 14.7 Å². The molecule has 1 aromatic carbocycles. The van der Waals surface area contributed by atoms with E-state index in [4.69, 9.17) is 10.5 Å². The van der Waals surface area contributed by atoms with Crippen LogP contribution in [0.2, 0.25) is 0 Å². The van der Waals surface area contributed by atoms with Crippen molar-refractivity contribution in [2.24, 2.45) is 11.1 Å². The van der Waals surface area contributed by atoms with Crippen molar-refractivity contribution in [1.29, 1.82) is 0 Å². The summed E-state index contributed by atoms with van der Waals surface area (Å²) >= 11 is 0. The third kappa shape index (κ3) is 4.00. The normalized spacial score (nSPS) is 21.9. The fraction of sp³-hybridized carbons (Fsp3) is 0.619. The monoisotopic (exact) mass is 389 g/mol. The summed E-state index contributed by atoms with van der Waals surface area (Å²) in [5.41, 5.74) is 6.70. The zero-order valence-corrected chi connectivity index (χ0v) is 16.8. The molecule has 2 aliphatic rings. The van der Waals surface area contributed by atoms with E-state index in [-0.39, 0.29) is 11.8 Å². The Morgan fingerprint density at radius 3 is 2.71 bits per heavy atom. The lowest BCUT2D eigenvalue weighted by molar-refractivity contribution is -0.154. The van der Waals surface area contributed by atoms with Crippen molar-refractivity contribution >= 4 is 11.8 Å². The lowest BCUT2D eigenvalue weighted by atomic mass is 9.71. The van der Waals surface area contributed by atoms with Gasteiger partial charge >= 0.3 is 0 Å². The van der Waals surface area contributed by atoms with Crippen LogP contribution in [-0.2, 0) is 11.2 Å². The summed E-state index contributed by atoms with van der Waals surface area (Å²) in [7, 11) is 3.36. The maximum absolute atomic E-state index is 13.0. The first-order valence-electron chi connectivity index (χ1n) is 10.00. The van der Waals surface area contributed by atoms with Crippen LogP contribution in [0.1, 0.15) is 41.6 Å². The summed E-state index contributed by atoms with van der Waals surface area (Å²) in [5.74, 6) is 0.842. The highest BCUT2D eigenvalue weighted by Gasteiger charge is 2.48. The van der Waals surface area contributed by atoms with Crippen LogP contribution < -0.4 is 10.5 Å². The second-order valence-electron chi connectivity index (χ2n) is 8.04. The lowest BCUT2D eigenvalue weighted by Gasteiger charge is -2.47. The minimum Gasteiger partial charge on any atom is -0.496 e. The first-order valence-corrected chi connectivity index (χ1v) is 10.00. The molecule has 0 aromatic heterocycles. The molecule has 0 saturated carbocycles. The topological polar surface area (TPSA) is 96.1 Å². The molecule has 2 heterocycles. The molecule has 1 unspecified atom stereocenters. The van der Waals surface area contributed by atoms with Crippen molar-refractivity contribution in [3.8, 4) is 5.75 Å². The van der Waals surface area contributed by atoms with Crippen LogP contribution in [0, 0.1) is 5.41 Å². The molecule has 2 fully saturated rings. The van der Waals surface area contributed by atoms with Crippen LogP contribution in [0.5, 0.6) is 5.75 Å². The molecule has 1 aromatic rings. The predicted molar refractivity (Wildman–Crippen MR) is 106 cm³/mol. The number of carbonyl (C=O) groups excluding carboxylic acids is 2. The average molecular weight is 389 g/mol. The van der Waals surface area contributed by atoms with Crippen molar-refractivity contribution in [3.63, 3.8) is 0 Å². The van der Waals surface area contributed by atoms with Gasteiger partial charge in [-0.1, -0.05) is 0 Å². The van der Waals surface area contributed by atoms with Crippen molar-refractivity contribution in [3.05, 3.63) is 29.3 Å². The SMILES string of the molecule is COc1ccc(C(=O)N2CCC3(CC2)CC(O)CN(C)C3=O)cc1CCCN. The number of carbonyl (C=O) groups is 2. The first kappa shape index (κ1) is 20.6. The minimum absolute atomic E-state index is 0.0244. The van der Waals surface area contributed by atoms with Gasteiger partial charge in [0.15, 0.2) is 0 Å². The Bertz CT molecular complexity index is 728. The summed E-state index contributed by atoms with van der Waals surface area (Å²) in [5, 5.41) is 10.1. The van der Waals surface area contributed by atoms with Gasteiger partial charge < -0.3 is 25.4 Å². The number of hydrogen-bond acceptors (Lipinski definition) is 5. The van der Waals surface area contributed by atoms with Crippen LogP contribution >= 0.6 is 0 Å². The number of nitrogens with zero attached hydrogens (tertiary/aromatic N) is 2. The highest BCUT2D eigenvalue weighted by Crippen LogP contribution is 2.41. The zero-order chi connectivity index (χ0) is 20.3. The number of aryl methyl sites for hydroxylation is 1. The molecule has 3 N–H and O–H groups in total. The number of likely N-dealkylation sites (N-methyl/N-ethyl adjacent to an activating group) is 1. The summed E-state index contributed by atoms with van der Waals surface area (Å²) in [4.78, 5) is 29.2. The number of hydrogen-bond donors (Lipinski definition) is 2. The van der Waals surface area contributed by atoms with E-state index in [1.54, 1.807) is 25.1 Å². The Morgan fingerprint density at radius 2 is 2.07 bits per heavy atom. The van der Waals surface area contributed by atoms with Crippen LogP contribution in [0.4, 0.5) is 0 Å². The van der Waals surface area contributed by atoms with Gasteiger partial charge in [-0.25, -0.2) is 0 Å². The van der Waals surface area contributed by atoms with Gasteiger partial charge in [-0.3, -0.25) is 9.59 Å². The molecule has 3 rings (SSSR count). The molecule has 7 nitrogen and oxygen atoms in total. The van der Waals surface area contributed by atoms with Gasteiger partial charge in [0.25, 0.3) is 5.91 Å². The van der Waals surface area contributed by atoms with E-state index in [1.165, 1.54) is 0 Å². The second kappa shape index (κ2) is 8.49. The van der Waals surface area contributed by atoms with E-state index in [0.29, 0.717) is 51.0 Å². The first-order chi connectivity index (χ1) is 13.4. The van der Waals surface area contributed by atoms with Crippen molar-refractivity contribution in [1.82, 2.24) is 9.80 Å². The number of aliphatic hydroxyl groups is 1. The molecule has 7 heteroatoms. The van der Waals surface area contributed by atoms with Crippen LogP contribution in [0.25, 0.3) is 0 Å². The van der Waals surface area contributed by atoms with E-state index in [1.807, 2.05) is 17.0 Å². The molecule has 2 amide bonds. The number of ether oxygens (including phenoxy) is 1. The molecule has 154 valence electrons. The number of likely N-dealkylation sites (tertiary alicyclic amines) is 2. The summed E-state index contributed by atoms with van der Waals surface area (Å²) < 4.78 is 5.40. The smallest absolute Gasteiger partial charge is 0.253 e. The fourth-order valence-corrected chi connectivity index (χ4v) is 4.54. The molecular formula is C21H31N3O4. The quantitative estimate of drug-likeness (QED) is 0.784. The fourth-order valence-electron chi connectivity index (χ4n) is 4.54. The number of amides is 2. The van der Waals surface area contributed by atoms with Crippen LogP contribution in [0.15, 0.2) is 18.2 Å². The highest BCUT2D eigenvalue weighted by atomic mass is 16.5. The largest absolute Gasteiger partial charge is 0.496 e. The van der Waals surface area contributed by atoms with Gasteiger partial charge in [0.2, 0.25) is 5.91 Å². The summed E-state index contributed by atoms with van der Waals surface area (Å²) in [6.45, 7) is 2.02. The highest BCUT2D eigenvalue weighted by molar-refractivity contribution is 5.95. The second-order valence-corrected chi connectivity index (χ2v) is 8.04. The standard InChI is InChI=1S/C21H31N3O4/c1-23-14-17(25)13-21(20(23)27)7-10-24(11-8-21)19(26)16-5-6-18(28-2)15(12-16)4-3-9-22/h5-6,12,17,25H,3-4,7-11,13-14,22H2,1-2H3. The number of rotatable bonds is 5. The van der Waals surface area contributed by atoms with Crippen LogP contribution in [-0.4, -0.2) is 73.2 Å². The average Bonchev–Trinajstić information content (AvgIpc) is 2.70. The van der Waals surface area contributed by atoms with Crippen molar-refractivity contribution in [2.45, 2.75) is 38.2 Å². The van der Waals surface area contributed by atoms with E-state index >= 15 is 0 Å². The Labute approximate surface area is 166 Å². The summed E-state index contributed by atoms with van der Waals surface area (Å²) in [6.07, 6.45) is 2.78. The molecule has 1 atom stereocenters. The van der Waals surface area contributed by atoms with Gasteiger partial charge in [0, 0.05) is 32.2 Å². The molecule has 1 spiro atoms. The molecule has 0 aliphatic carbocycles. The van der Waals surface area contributed by atoms with Gasteiger partial charge in [-0.15, -0.1) is 0 Å².